The predicted molar refractivity (Wildman–Crippen MR) is 169 cm³/mol. The van der Waals surface area contributed by atoms with Crippen LogP contribution >= 0.6 is 28.1 Å². The Hall–Kier alpha value is -4.21. The SMILES string of the molecule is CCCCOc1ccc(C(=O)NC(=S)Nc2ccccc2C(=O)Nc2ccc(Nc3ccccc3)cc2)cc1Br. The minimum atomic E-state index is -0.385. The molecule has 0 saturated heterocycles. The highest BCUT2D eigenvalue weighted by Gasteiger charge is 2.15. The fraction of sp³-hybridized carbons (Fsp3) is 0.129. The summed E-state index contributed by atoms with van der Waals surface area (Å²) in [5, 5.41) is 11.9. The first-order valence-corrected chi connectivity index (χ1v) is 14.0. The summed E-state index contributed by atoms with van der Waals surface area (Å²) < 4.78 is 6.40. The molecule has 4 aromatic rings. The number of nitrogens with one attached hydrogen (secondary N) is 4. The zero-order chi connectivity index (χ0) is 28.3. The van der Waals surface area contributed by atoms with Gasteiger partial charge >= 0.3 is 0 Å². The number of hydrogen-bond donors (Lipinski definition) is 4. The van der Waals surface area contributed by atoms with Crippen LogP contribution in [0.3, 0.4) is 0 Å². The lowest BCUT2D eigenvalue weighted by Crippen LogP contribution is -2.34. The average Bonchev–Trinajstić information content (AvgIpc) is 2.95. The molecule has 7 nitrogen and oxygen atoms in total. The summed E-state index contributed by atoms with van der Waals surface area (Å²) in [7, 11) is 0. The molecule has 0 aliphatic heterocycles. The molecule has 204 valence electrons. The molecule has 9 heteroatoms. The molecule has 0 heterocycles. The largest absolute Gasteiger partial charge is 0.492 e. The molecule has 0 spiro atoms. The smallest absolute Gasteiger partial charge is 0.257 e. The molecule has 0 atom stereocenters. The van der Waals surface area contributed by atoms with Crippen molar-refractivity contribution < 1.29 is 14.3 Å². The van der Waals surface area contributed by atoms with Gasteiger partial charge in [0, 0.05) is 22.6 Å². The number of halogens is 1. The number of carbonyl (C=O) groups excluding carboxylic acids is 2. The van der Waals surface area contributed by atoms with E-state index in [0.717, 1.165) is 24.2 Å². The number of ether oxygens (including phenoxy) is 1. The number of unbranched alkanes of at least 4 members (excludes halogenated alkanes) is 1. The van der Waals surface area contributed by atoms with E-state index >= 15 is 0 Å². The van der Waals surface area contributed by atoms with E-state index in [2.05, 4.69) is 44.1 Å². The van der Waals surface area contributed by atoms with Crippen LogP contribution in [0.5, 0.6) is 5.75 Å². The van der Waals surface area contributed by atoms with Crippen LogP contribution in [0.25, 0.3) is 0 Å². The number of para-hydroxylation sites is 2. The van der Waals surface area contributed by atoms with E-state index in [-0.39, 0.29) is 16.9 Å². The molecule has 4 rings (SSSR count). The fourth-order valence-corrected chi connectivity index (χ4v) is 4.42. The zero-order valence-corrected chi connectivity index (χ0v) is 24.3. The van der Waals surface area contributed by atoms with Crippen LogP contribution < -0.4 is 26.0 Å². The Morgan fingerprint density at radius 3 is 2.20 bits per heavy atom. The van der Waals surface area contributed by atoms with Crippen LogP contribution in [0.2, 0.25) is 0 Å². The summed E-state index contributed by atoms with van der Waals surface area (Å²) in [4.78, 5) is 25.9. The number of benzene rings is 4. The van der Waals surface area contributed by atoms with Crippen molar-refractivity contribution in [3.63, 3.8) is 0 Å². The fourth-order valence-electron chi connectivity index (χ4n) is 3.73. The van der Waals surface area contributed by atoms with Crippen molar-refractivity contribution in [1.29, 1.82) is 0 Å². The number of hydrogen-bond acceptors (Lipinski definition) is 5. The normalized spacial score (nSPS) is 10.3. The molecular formula is C31H29BrN4O3S. The van der Waals surface area contributed by atoms with Crippen molar-refractivity contribution >= 4 is 67.8 Å². The maximum absolute atomic E-state index is 13.1. The minimum absolute atomic E-state index is 0.0704. The Bertz CT molecular complexity index is 1480. The number of carbonyl (C=O) groups is 2. The van der Waals surface area contributed by atoms with Gasteiger partial charge in [-0.15, -0.1) is 0 Å². The monoisotopic (exact) mass is 616 g/mol. The first kappa shape index (κ1) is 28.8. The topological polar surface area (TPSA) is 91.5 Å². The second kappa shape index (κ2) is 14.3. The lowest BCUT2D eigenvalue weighted by Gasteiger charge is -2.14. The predicted octanol–water partition coefficient (Wildman–Crippen LogP) is 7.75. The van der Waals surface area contributed by atoms with Crippen LogP contribution in [-0.2, 0) is 0 Å². The van der Waals surface area contributed by atoms with E-state index in [9.17, 15) is 9.59 Å². The van der Waals surface area contributed by atoms with Crippen LogP contribution in [0.1, 0.15) is 40.5 Å². The van der Waals surface area contributed by atoms with Crippen molar-refractivity contribution in [3.05, 3.63) is 113 Å². The summed E-state index contributed by atoms with van der Waals surface area (Å²) in [5.74, 6) is -0.0271. The molecule has 40 heavy (non-hydrogen) atoms. The molecule has 0 saturated carbocycles. The Kier molecular flexibility index (Phi) is 10.3. The van der Waals surface area contributed by atoms with Gasteiger partial charge < -0.3 is 20.7 Å². The third kappa shape index (κ3) is 8.14. The van der Waals surface area contributed by atoms with E-state index in [1.165, 1.54) is 0 Å². The second-order valence-corrected chi connectivity index (χ2v) is 10.1. The van der Waals surface area contributed by atoms with Crippen molar-refractivity contribution in [1.82, 2.24) is 5.32 Å². The van der Waals surface area contributed by atoms with Gasteiger partial charge in [-0.1, -0.05) is 43.7 Å². The average molecular weight is 618 g/mol. The summed E-state index contributed by atoms with van der Waals surface area (Å²) in [5.41, 5.74) is 3.77. The van der Waals surface area contributed by atoms with Crippen LogP contribution in [0.4, 0.5) is 22.7 Å². The van der Waals surface area contributed by atoms with Crippen molar-refractivity contribution in [3.8, 4) is 5.75 Å². The maximum Gasteiger partial charge on any atom is 0.257 e. The Morgan fingerprint density at radius 2 is 1.48 bits per heavy atom. The van der Waals surface area contributed by atoms with Gasteiger partial charge in [-0.2, -0.15) is 0 Å². The van der Waals surface area contributed by atoms with Crippen LogP contribution in [0.15, 0.2) is 102 Å². The van der Waals surface area contributed by atoms with Gasteiger partial charge in [0.25, 0.3) is 11.8 Å². The van der Waals surface area contributed by atoms with Crippen LogP contribution in [0, 0.1) is 0 Å². The molecule has 0 aliphatic carbocycles. The van der Waals surface area contributed by atoms with Gasteiger partial charge in [0.15, 0.2) is 5.11 Å². The lowest BCUT2D eigenvalue weighted by atomic mass is 10.1. The molecule has 0 radical (unpaired) electrons. The minimum Gasteiger partial charge on any atom is -0.492 e. The van der Waals surface area contributed by atoms with Gasteiger partial charge in [-0.3, -0.25) is 14.9 Å². The number of anilines is 4. The molecule has 0 unspecified atom stereocenters. The Balaban J connectivity index is 1.35. The van der Waals surface area contributed by atoms with Gasteiger partial charge in [0.1, 0.15) is 5.75 Å². The molecule has 0 aromatic heterocycles. The van der Waals surface area contributed by atoms with Gasteiger partial charge in [0.2, 0.25) is 0 Å². The Labute approximate surface area is 247 Å². The number of thiocarbonyl (C=S) groups is 1. The van der Waals surface area contributed by atoms with Crippen molar-refractivity contribution in [2.75, 3.05) is 22.6 Å². The molecule has 0 aliphatic rings. The summed E-state index contributed by atoms with van der Waals surface area (Å²) in [6.45, 7) is 2.70. The maximum atomic E-state index is 13.1. The van der Waals surface area contributed by atoms with Gasteiger partial charge in [-0.05, 0) is 101 Å². The van der Waals surface area contributed by atoms with Gasteiger partial charge in [0.05, 0.1) is 22.3 Å². The highest BCUT2D eigenvalue weighted by Crippen LogP contribution is 2.26. The number of amides is 2. The summed E-state index contributed by atoms with van der Waals surface area (Å²) >= 11 is 8.82. The second-order valence-electron chi connectivity index (χ2n) is 8.82. The van der Waals surface area contributed by atoms with Crippen molar-refractivity contribution in [2.45, 2.75) is 19.8 Å². The van der Waals surface area contributed by atoms with Gasteiger partial charge in [-0.25, -0.2) is 0 Å². The lowest BCUT2D eigenvalue weighted by molar-refractivity contribution is 0.0976. The zero-order valence-electron chi connectivity index (χ0n) is 21.9. The highest BCUT2D eigenvalue weighted by molar-refractivity contribution is 9.10. The first-order valence-electron chi connectivity index (χ1n) is 12.8. The summed E-state index contributed by atoms with van der Waals surface area (Å²) in [6, 6.07) is 29.3. The van der Waals surface area contributed by atoms with Crippen molar-refractivity contribution in [2.24, 2.45) is 0 Å². The van der Waals surface area contributed by atoms with E-state index in [4.69, 9.17) is 17.0 Å². The van der Waals surface area contributed by atoms with Crippen LogP contribution in [-0.4, -0.2) is 23.5 Å². The number of rotatable bonds is 10. The Morgan fingerprint density at radius 1 is 0.800 bits per heavy atom. The quantitative estimate of drug-likeness (QED) is 0.108. The molecular weight excluding hydrogens is 588 g/mol. The van der Waals surface area contributed by atoms with E-state index in [0.29, 0.717) is 39.3 Å². The molecule has 4 N–H and O–H groups in total. The van der Waals surface area contributed by atoms with E-state index in [1.807, 2.05) is 54.6 Å². The highest BCUT2D eigenvalue weighted by atomic mass is 79.9. The van der Waals surface area contributed by atoms with E-state index < -0.39 is 0 Å². The molecule has 4 aromatic carbocycles. The summed E-state index contributed by atoms with van der Waals surface area (Å²) in [6.07, 6.45) is 1.99. The first-order chi connectivity index (χ1) is 19.4. The molecule has 0 fully saturated rings. The molecule has 2 amide bonds. The third-order valence-electron chi connectivity index (χ3n) is 5.80. The standard InChI is InChI=1S/C31H29BrN4O3S/c1-2-3-19-39-28-18-13-21(20-26(28)32)29(37)36-31(40)35-27-12-8-7-11-25(27)30(38)34-24-16-14-23(15-17-24)33-22-9-5-4-6-10-22/h4-18,20,33H,2-3,19H2,1H3,(H,34,38)(H2,35,36,37,40). The third-order valence-corrected chi connectivity index (χ3v) is 6.63. The van der Waals surface area contributed by atoms with E-state index in [1.54, 1.807) is 42.5 Å². The molecule has 0 bridgehead atoms.